The van der Waals surface area contributed by atoms with Crippen molar-refractivity contribution in [1.82, 2.24) is 13.7 Å². The average Bonchev–Trinajstić information content (AvgIpc) is 1.55. The van der Waals surface area contributed by atoms with Crippen molar-refractivity contribution in [2.75, 3.05) is 0 Å². The molecule has 3 heterocycles. The summed E-state index contributed by atoms with van der Waals surface area (Å²) in [5.41, 5.74) is 58.2. The van der Waals surface area contributed by atoms with Crippen LogP contribution in [0.15, 0.2) is 491 Å². The Bertz CT molecular complexity index is 9530. The van der Waals surface area contributed by atoms with Crippen molar-refractivity contribution < 1.29 is 0 Å². The second kappa shape index (κ2) is 34.2. The number of hydrogen-bond donors (Lipinski definition) is 0. The molecule has 0 fully saturated rings. The topological polar surface area (TPSA) is 14.8 Å². The molecule has 0 N–H and O–H groups in total. The Morgan fingerprint density at radius 2 is 0.353 bits per heavy atom. The fraction of sp³-hybridized carbons (Fsp3) is 0.102. The highest BCUT2D eigenvalue weighted by Crippen LogP contribution is 2.59. The summed E-state index contributed by atoms with van der Waals surface area (Å²) < 4.78 is 7.36. The minimum absolute atomic E-state index is 0.0102. The molecule has 5 aliphatic carbocycles. The predicted octanol–water partition coefficient (Wildman–Crippen LogP) is 39.2. The SMILES string of the molecule is CC1(C)c2ccccc2-c2cc(-c3ccc4c(c3)c3cc(-c5ccc6c(c5)-c5ccccc5C6(C)C)ccc3n4-c3ccc(-c4ccccc4)cc3)ccc21.CC1(C)c2ccccc2-c2cccc(-c3ccc4c(c3)c3cc(-c5cccc6c5C(C)(C)c5ccccc5-6)ccc3n4-c3ccc(-c4ccccc4)cc3)c21.CC1(C)c2ccccc2-c2cccc(-c3cccc4c5ccccc5n(-c5ccc(-c6ccccc6)cc5)c34)c21. The van der Waals surface area contributed by atoms with E-state index in [0.29, 0.717) is 0 Å². The molecule has 150 heavy (non-hydrogen) atoms. The number of benzene rings is 22. The normalized spacial score (nSPS) is 14.2. The maximum absolute atomic E-state index is 2.46. The summed E-state index contributed by atoms with van der Waals surface area (Å²) >= 11 is 0. The van der Waals surface area contributed by atoms with Gasteiger partial charge in [-0.3, -0.25) is 0 Å². The molecule has 0 amide bonds. The lowest BCUT2D eigenvalue weighted by Gasteiger charge is -2.25. The first kappa shape index (κ1) is 89.8. The predicted molar refractivity (Wildman–Crippen MR) is 634 cm³/mol. The molecule has 0 unspecified atom stereocenters. The van der Waals surface area contributed by atoms with E-state index in [9.17, 15) is 0 Å². The van der Waals surface area contributed by atoms with Crippen LogP contribution in [0.25, 0.3) is 227 Å². The zero-order valence-electron chi connectivity index (χ0n) is 86.1. The number of hydrogen-bond acceptors (Lipinski definition) is 0. The van der Waals surface area contributed by atoms with E-state index in [4.69, 9.17) is 0 Å². The average molecular weight is 1920 g/mol. The molecule has 0 spiro atoms. The van der Waals surface area contributed by atoms with Gasteiger partial charge in [0.1, 0.15) is 0 Å². The van der Waals surface area contributed by atoms with Gasteiger partial charge in [0.25, 0.3) is 0 Å². The third kappa shape index (κ3) is 13.9. The molecule has 22 aromatic carbocycles. The van der Waals surface area contributed by atoms with Gasteiger partial charge in [-0.1, -0.05) is 457 Å². The maximum atomic E-state index is 2.46. The highest BCUT2D eigenvalue weighted by Gasteiger charge is 2.43. The zero-order chi connectivity index (χ0) is 101. The number of nitrogens with zero attached hydrogens (tertiary/aromatic N) is 3. The number of rotatable bonds is 11. The second-order valence-corrected chi connectivity index (χ2v) is 44.4. The second-order valence-electron chi connectivity index (χ2n) is 44.4. The van der Waals surface area contributed by atoms with Crippen molar-refractivity contribution in [3.63, 3.8) is 0 Å². The summed E-state index contributed by atoms with van der Waals surface area (Å²) in [6.07, 6.45) is 0. The molecule has 3 aromatic heterocycles. The molecule has 3 nitrogen and oxygen atoms in total. The van der Waals surface area contributed by atoms with Crippen LogP contribution in [-0.4, -0.2) is 13.7 Å². The van der Waals surface area contributed by atoms with Crippen molar-refractivity contribution >= 4 is 65.4 Å². The van der Waals surface area contributed by atoms with E-state index < -0.39 is 0 Å². The van der Waals surface area contributed by atoms with Gasteiger partial charge in [-0.05, 0) is 298 Å². The van der Waals surface area contributed by atoms with E-state index >= 15 is 0 Å². The molecule has 0 atom stereocenters. The largest absolute Gasteiger partial charge is 0.309 e. The molecule has 0 aliphatic heterocycles. The van der Waals surface area contributed by atoms with Gasteiger partial charge in [0, 0.05) is 82.0 Å². The van der Waals surface area contributed by atoms with E-state index in [1.54, 1.807) is 0 Å². The molecular formula is C147H111N3. The Kier molecular flexibility index (Phi) is 20.5. The fourth-order valence-corrected chi connectivity index (χ4v) is 27.2. The minimum atomic E-state index is -0.1000. The van der Waals surface area contributed by atoms with Gasteiger partial charge in [0.2, 0.25) is 0 Å². The molecular weight excluding hydrogens is 1810 g/mol. The molecule has 30 rings (SSSR count). The van der Waals surface area contributed by atoms with Gasteiger partial charge in [0.05, 0.1) is 33.1 Å². The minimum Gasteiger partial charge on any atom is -0.309 e. The summed E-state index contributed by atoms with van der Waals surface area (Å²) in [5.74, 6) is 0. The van der Waals surface area contributed by atoms with Gasteiger partial charge in [-0.2, -0.15) is 0 Å². The van der Waals surface area contributed by atoms with Crippen molar-refractivity contribution in [1.29, 1.82) is 0 Å². The van der Waals surface area contributed by atoms with Crippen LogP contribution in [0, 0.1) is 0 Å². The number of fused-ring (bicyclic) bond motifs is 24. The van der Waals surface area contributed by atoms with Gasteiger partial charge in [0.15, 0.2) is 0 Å². The molecule has 714 valence electrons. The standard InChI is InChI=1S/2C54H41N.C39H29N/c1-53(2)47-22-10-8-16-41(47)43-20-12-18-39(51(43)53)36-26-30-49-45(32-36)46-33-37(40-19-13-21-44-42-17-9-11-23-48(42)54(3,4)52(40)44)27-31-50(46)55(49)38-28-24-35(25-29-38)34-14-6-5-7-15-34;1-53(2)47-16-10-8-14-41(47)43-30-36(20-26-49(43)53)38-22-28-51-45(32-38)46-33-39(37-21-27-50-44(31-37)42-15-9-11-17-48(42)54(50,3)4)23-29-52(46)55(51)40-24-18-35(19-25-40)34-12-6-5-7-13-34;1-39(2)35-20-8-6-14-29(35)31-16-10-17-32(37(31)39)34-19-11-18-33-30-15-7-9-21-36(30)40(38(33)34)28-24-22-27(23-25-28)26-12-4-3-5-13-26/h2*5-33H,1-4H3;3-25H,1-2H3. The Hall–Kier alpha value is -17.8. The molecule has 0 radical (unpaired) electrons. The lowest BCUT2D eigenvalue weighted by atomic mass is 9.78. The monoisotopic (exact) mass is 1920 g/mol. The van der Waals surface area contributed by atoms with Crippen molar-refractivity contribution in [3.05, 3.63) is 547 Å². The lowest BCUT2D eigenvalue weighted by Crippen LogP contribution is -2.16. The highest BCUT2D eigenvalue weighted by atomic mass is 15.0. The summed E-state index contributed by atoms with van der Waals surface area (Å²) in [5, 5.41) is 7.61. The molecule has 0 saturated heterocycles. The summed E-state index contributed by atoms with van der Waals surface area (Å²) in [6.45, 7) is 23.7. The van der Waals surface area contributed by atoms with Crippen molar-refractivity contribution in [3.8, 4) is 162 Å². The van der Waals surface area contributed by atoms with Gasteiger partial charge in [-0.15, -0.1) is 0 Å². The zero-order valence-corrected chi connectivity index (χ0v) is 86.1. The third-order valence-corrected chi connectivity index (χ3v) is 34.4. The van der Waals surface area contributed by atoms with Crippen LogP contribution in [-0.2, 0) is 27.1 Å². The van der Waals surface area contributed by atoms with Crippen LogP contribution in [0.1, 0.15) is 125 Å². The van der Waals surface area contributed by atoms with Crippen molar-refractivity contribution in [2.45, 2.75) is 96.3 Å². The number of para-hydroxylation sites is 2. The van der Waals surface area contributed by atoms with Crippen LogP contribution in [0.4, 0.5) is 0 Å². The van der Waals surface area contributed by atoms with E-state index in [0.717, 1.165) is 11.4 Å². The number of aromatic nitrogens is 3. The Morgan fingerprint density at radius 1 is 0.127 bits per heavy atom. The van der Waals surface area contributed by atoms with Crippen LogP contribution in [0.3, 0.4) is 0 Å². The van der Waals surface area contributed by atoms with Crippen LogP contribution < -0.4 is 0 Å². The first-order valence-electron chi connectivity index (χ1n) is 53.1. The van der Waals surface area contributed by atoms with E-state index in [2.05, 4.69) is 574 Å². The van der Waals surface area contributed by atoms with Crippen molar-refractivity contribution in [2.24, 2.45) is 0 Å². The molecule has 25 aromatic rings. The summed E-state index contributed by atoms with van der Waals surface area (Å²) in [7, 11) is 0. The van der Waals surface area contributed by atoms with Gasteiger partial charge in [-0.25, -0.2) is 0 Å². The molecule has 5 aliphatic rings. The summed E-state index contributed by atoms with van der Waals surface area (Å²) in [4.78, 5) is 0. The van der Waals surface area contributed by atoms with E-state index in [1.165, 1.54) is 271 Å². The van der Waals surface area contributed by atoms with Gasteiger partial charge >= 0.3 is 0 Å². The lowest BCUT2D eigenvalue weighted by molar-refractivity contribution is 0.660. The molecule has 0 bridgehead atoms. The smallest absolute Gasteiger partial charge is 0.0619 e. The fourth-order valence-electron chi connectivity index (χ4n) is 27.2. The summed E-state index contributed by atoms with van der Waals surface area (Å²) in [6, 6.07) is 182. The van der Waals surface area contributed by atoms with Crippen LogP contribution in [0.5, 0.6) is 0 Å². The third-order valence-electron chi connectivity index (χ3n) is 34.4. The Balaban J connectivity index is 0.000000110. The van der Waals surface area contributed by atoms with Crippen LogP contribution in [0.2, 0.25) is 0 Å². The molecule has 3 heteroatoms. The first-order chi connectivity index (χ1) is 73.2. The molecule has 0 saturated carbocycles. The Labute approximate surface area is 877 Å². The highest BCUT2D eigenvalue weighted by molar-refractivity contribution is 6.17. The quantitative estimate of drug-likeness (QED) is 0.123. The van der Waals surface area contributed by atoms with E-state index in [1.807, 2.05) is 0 Å². The first-order valence-corrected chi connectivity index (χ1v) is 53.1. The van der Waals surface area contributed by atoms with Gasteiger partial charge < -0.3 is 13.7 Å². The van der Waals surface area contributed by atoms with Crippen LogP contribution >= 0.6 is 0 Å². The Morgan fingerprint density at radius 3 is 0.727 bits per heavy atom. The van der Waals surface area contributed by atoms with E-state index in [-0.39, 0.29) is 27.1 Å². The maximum Gasteiger partial charge on any atom is 0.0619 e.